The Labute approximate surface area is 181 Å². The van der Waals surface area contributed by atoms with Crippen LogP contribution in [0.3, 0.4) is 0 Å². The zero-order valence-electron chi connectivity index (χ0n) is 16.7. The maximum absolute atomic E-state index is 6.33. The molecule has 6 heteroatoms. The van der Waals surface area contributed by atoms with E-state index in [-0.39, 0.29) is 12.1 Å². The molecule has 29 heavy (non-hydrogen) atoms. The van der Waals surface area contributed by atoms with Crippen LogP contribution in [0.25, 0.3) is 11.3 Å². The van der Waals surface area contributed by atoms with Crippen LogP contribution in [0, 0.1) is 12.8 Å². The number of nitrogens with one attached hydrogen (secondary N) is 1. The number of furan rings is 1. The Hall–Kier alpha value is -2.37. The van der Waals surface area contributed by atoms with Gasteiger partial charge in [-0.3, -0.25) is 4.98 Å². The topological polar surface area (TPSA) is 41.3 Å². The highest BCUT2D eigenvalue weighted by Gasteiger charge is 2.41. The number of aromatic nitrogens is 1. The van der Waals surface area contributed by atoms with E-state index in [1.54, 1.807) is 0 Å². The molecule has 1 aromatic carbocycles. The lowest BCUT2D eigenvalue weighted by atomic mass is 10.0. The van der Waals surface area contributed by atoms with E-state index in [4.69, 9.17) is 28.2 Å². The SMILES string of the molecule is Cc1ccc(-c2ccc([C@H]3[C@H](c4ccccn4)NC(=S)N3CC(C)C)o2)cc1Cl. The summed E-state index contributed by atoms with van der Waals surface area (Å²) in [5.41, 5.74) is 2.96. The fourth-order valence-corrected chi connectivity index (χ4v) is 4.21. The lowest BCUT2D eigenvalue weighted by Crippen LogP contribution is -2.32. The summed E-state index contributed by atoms with van der Waals surface area (Å²) in [5, 5.41) is 4.92. The maximum Gasteiger partial charge on any atom is 0.170 e. The summed E-state index contributed by atoms with van der Waals surface area (Å²) in [4.78, 5) is 6.78. The number of hydrogen-bond acceptors (Lipinski definition) is 3. The Kier molecular flexibility index (Phi) is 5.61. The van der Waals surface area contributed by atoms with E-state index in [9.17, 15) is 0 Å². The molecular formula is C23H24ClN3OS. The van der Waals surface area contributed by atoms with Gasteiger partial charge in [0.15, 0.2) is 5.11 Å². The van der Waals surface area contributed by atoms with E-state index >= 15 is 0 Å². The predicted octanol–water partition coefficient (Wildman–Crippen LogP) is 5.93. The van der Waals surface area contributed by atoms with Crippen molar-refractivity contribution in [2.24, 2.45) is 5.92 Å². The van der Waals surface area contributed by atoms with Crippen molar-refractivity contribution in [1.82, 2.24) is 15.2 Å². The second kappa shape index (κ2) is 8.17. The third-order valence-corrected chi connectivity index (χ3v) is 5.89. The van der Waals surface area contributed by atoms with Crippen molar-refractivity contribution in [1.29, 1.82) is 0 Å². The molecule has 1 saturated heterocycles. The highest BCUT2D eigenvalue weighted by Crippen LogP contribution is 2.41. The normalized spacial score (nSPS) is 19.1. The van der Waals surface area contributed by atoms with Crippen LogP contribution in [0.15, 0.2) is 59.1 Å². The van der Waals surface area contributed by atoms with Crippen LogP contribution in [0.5, 0.6) is 0 Å². The molecule has 4 nitrogen and oxygen atoms in total. The van der Waals surface area contributed by atoms with Gasteiger partial charge in [0.05, 0.1) is 11.7 Å². The minimum Gasteiger partial charge on any atom is -0.459 e. The fourth-order valence-electron chi connectivity index (χ4n) is 3.72. The van der Waals surface area contributed by atoms with Gasteiger partial charge in [0.2, 0.25) is 0 Å². The van der Waals surface area contributed by atoms with E-state index in [0.29, 0.717) is 5.92 Å². The fraction of sp³-hybridized carbons (Fsp3) is 0.304. The summed E-state index contributed by atoms with van der Waals surface area (Å²) in [6, 6.07) is 15.8. The summed E-state index contributed by atoms with van der Waals surface area (Å²) >= 11 is 12.0. The molecule has 1 N–H and O–H groups in total. The third kappa shape index (κ3) is 4.02. The molecule has 0 unspecified atom stereocenters. The Morgan fingerprint density at radius 3 is 2.72 bits per heavy atom. The summed E-state index contributed by atoms with van der Waals surface area (Å²) in [5.74, 6) is 2.12. The summed E-state index contributed by atoms with van der Waals surface area (Å²) in [7, 11) is 0. The van der Waals surface area contributed by atoms with Crippen LogP contribution in [0.2, 0.25) is 5.02 Å². The van der Waals surface area contributed by atoms with E-state index in [0.717, 1.165) is 45.0 Å². The molecule has 2 atom stereocenters. The summed E-state index contributed by atoms with van der Waals surface area (Å²) < 4.78 is 6.33. The monoisotopic (exact) mass is 425 g/mol. The van der Waals surface area contributed by atoms with Gasteiger partial charge in [0, 0.05) is 23.3 Å². The van der Waals surface area contributed by atoms with Crippen molar-refractivity contribution in [3.63, 3.8) is 0 Å². The van der Waals surface area contributed by atoms with Crippen LogP contribution in [-0.2, 0) is 0 Å². The second-order valence-electron chi connectivity index (χ2n) is 7.84. The van der Waals surface area contributed by atoms with Gasteiger partial charge in [-0.2, -0.15) is 0 Å². The predicted molar refractivity (Wildman–Crippen MR) is 121 cm³/mol. The second-order valence-corrected chi connectivity index (χ2v) is 8.63. The average molecular weight is 426 g/mol. The number of rotatable bonds is 5. The van der Waals surface area contributed by atoms with Crippen molar-refractivity contribution < 1.29 is 4.42 Å². The van der Waals surface area contributed by atoms with E-state index < -0.39 is 0 Å². The number of halogens is 1. The van der Waals surface area contributed by atoms with Gasteiger partial charge in [-0.25, -0.2) is 0 Å². The van der Waals surface area contributed by atoms with Gasteiger partial charge < -0.3 is 14.6 Å². The molecule has 1 fully saturated rings. The lowest BCUT2D eigenvalue weighted by molar-refractivity contribution is 0.253. The Morgan fingerprint density at radius 2 is 2.03 bits per heavy atom. The lowest BCUT2D eigenvalue weighted by Gasteiger charge is -2.27. The van der Waals surface area contributed by atoms with Crippen molar-refractivity contribution in [2.75, 3.05) is 6.54 Å². The van der Waals surface area contributed by atoms with Crippen molar-refractivity contribution in [3.05, 3.63) is 76.8 Å². The standard InChI is InChI=1S/C23H24ClN3OS/c1-14(2)13-27-22(21(26-23(27)29)18-6-4-5-11-25-18)20-10-9-19(28-20)16-8-7-15(3)17(24)12-16/h4-12,14,21-22H,13H2,1-3H3,(H,26,29)/t21-,22-/m0/s1. The largest absolute Gasteiger partial charge is 0.459 e. The molecule has 0 aliphatic carbocycles. The molecule has 4 rings (SSSR count). The average Bonchev–Trinajstić information content (AvgIpc) is 3.30. The first-order valence-electron chi connectivity index (χ1n) is 9.78. The van der Waals surface area contributed by atoms with Gasteiger partial charge in [0.1, 0.15) is 17.6 Å². The van der Waals surface area contributed by atoms with Crippen LogP contribution in [0.1, 0.15) is 42.9 Å². The van der Waals surface area contributed by atoms with Crippen LogP contribution >= 0.6 is 23.8 Å². The minimum atomic E-state index is -0.0666. The van der Waals surface area contributed by atoms with Gasteiger partial charge in [-0.05, 0) is 61.0 Å². The zero-order chi connectivity index (χ0) is 20.5. The molecule has 2 aromatic heterocycles. The van der Waals surface area contributed by atoms with Gasteiger partial charge in [-0.1, -0.05) is 43.6 Å². The molecule has 1 aliphatic heterocycles. The molecule has 3 aromatic rings. The summed E-state index contributed by atoms with van der Waals surface area (Å²) in [6.07, 6.45) is 1.81. The molecule has 0 saturated carbocycles. The van der Waals surface area contributed by atoms with Gasteiger partial charge in [0.25, 0.3) is 0 Å². The number of benzene rings is 1. The quantitative estimate of drug-likeness (QED) is 0.513. The molecule has 3 heterocycles. The molecule has 0 spiro atoms. The Bertz CT molecular complexity index is 1020. The van der Waals surface area contributed by atoms with Crippen LogP contribution in [-0.4, -0.2) is 21.5 Å². The summed E-state index contributed by atoms with van der Waals surface area (Å²) in [6.45, 7) is 7.21. The number of pyridine rings is 1. The van der Waals surface area contributed by atoms with Crippen molar-refractivity contribution >= 4 is 28.9 Å². The molecule has 1 aliphatic rings. The van der Waals surface area contributed by atoms with Crippen LogP contribution in [0.4, 0.5) is 0 Å². The molecule has 0 amide bonds. The first kappa shape index (κ1) is 19.9. The maximum atomic E-state index is 6.33. The van der Waals surface area contributed by atoms with Gasteiger partial charge >= 0.3 is 0 Å². The van der Waals surface area contributed by atoms with E-state index in [2.05, 4.69) is 29.0 Å². The molecule has 150 valence electrons. The molecular weight excluding hydrogens is 402 g/mol. The van der Waals surface area contributed by atoms with Gasteiger partial charge in [-0.15, -0.1) is 0 Å². The van der Waals surface area contributed by atoms with E-state index in [1.165, 1.54) is 0 Å². The number of aryl methyl sites for hydroxylation is 1. The minimum absolute atomic E-state index is 0.0607. The molecule has 0 bridgehead atoms. The van der Waals surface area contributed by atoms with E-state index in [1.807, 2.05) is 61.7 Å². The first-order valence-corrected chi connectivity index (χ1v) is 10.6. The highest BCUT2D eigenvalue weighted by molar-refractivity contribution is 7.80. The Morgan fingerprint density at radius 1 is 1.21 bits per heavy atom. The van der Waals surface area contributed by atoms with Crippen molar-refractivity contribution in [2.45, 2.75) is 32.9 Å². The van der Waals surface area contributed by atoms with Crippen molar-refractivity contribution in [3.8, 4) is 11.3 Å². The number of thiocarbonyl (C=S) groups is 1. The van der Waals surface area contributed by atoms with Crippen LogP contribution < -0.4 is 5.32 Å². The zero-order valence-corrected chi connectivity index (χ0v) is 18.3. The number of hydrogen-bond donors (Lipinski definition) is 1. The first-order chi connectivity index (χ1) is 13.9. The number of nitrogens with zero attached hydrogens (tertiary/aromatic N) is 2. The smallest absolute Gasteiger partial charge is 0.170 e. The highest BCUT2D eigenvalue weighted by atomic mass is 35.5. The molecule has 0 radical (unpaired) electrons. The third-order valence-electron chi connectivity index (χ3n) is 5.13. The Balaban J connectivity index is 1.73.